The molecule has 1 aliphatic carbocycles. The summed E-state index contributed by atoms with van der Waals surface area (Å²) in [5.41, 5.74) is 5.11. The summed E-state index contributed by atoms with van der Waals surface area (Å²) in [6.07, 6.45) is 6.04. The van der Waals surface area contributed by atoms with Crippen molar-refractivity contribution in [1.29, 1.82) is 0 Å². The van der Waals surface area contributed by atoms with Crippen LogP contribution in [0.2, 0.25) is 0 Å². The van der Waals surface area contributed by atoms with Crippen LogP contribution in [0, 0.1) is 5.92 Å². The second-order valence-corrected chi connectivity index (χ2v) is 6.59. The molecule has 0 atom stereocenters. The monoisotopic (exact) mass is 272 g/mol. The van der Waals surface area contributed by atoms with E-state index in [1.807, 2.05) is 12.1 Å². The summed E-state index contributed by atoms with van der Waals surface area (Å²) in [6, 6.07) is 8.29. The average molecular weight is 272 g/mol. The number of hydrogen-bond donors (Lipinski definition) is 1. The van der Waals surface area contributed by atoms with E-state index in [-0.39, 0.29) is 17.2 Å². The van der Waals surface area contributed by atoms with E-state index in [1.165, 1.54) is 5.56 Å². The molecule has 108 valence electrons. The Hall–Kier alpha value is -1.64. The molecule has 1 aliphatic rings. The number of nitrogens with one attached hydrogen (secondary N) is 1. The predicted molar refractivity (Wildman–Crippen MR) is 82.8 cm³/mol. The molecule has 1 amide bonds. The zero-order chi connectivity index (χ0) is 14.6. The van der Waals surface area contributed by atoms with Gasteiger partial charge in [0.15, 0.2) is 0 Å². The van der Waals surface area contributed by atoms with Crippen molar-refractivity contribution in [1.82, 2.24) is 5.43 Å². The van der Waals surface area contributed by atoms with Gasteiger partial charge in [-0.15, -0.1) is 0 Å². The molecule has 2 rings (SSSR count). The Labute approximate surface area is 121 Å². The highest BCUT2D eigenvalue weighted by molar-refractivity contribution is 5.83. The first-order valence-corrected chi connectivity index (χ1v) is 7.40. The molecule has 0 unspecified atom stereocenters. The summed E-state index contributed by atoms with van der Waals surface area (Å²) in [6.45, 7) is 6.58. The van der Waals surface area contributed by atoms with E-state index in [4.69, 9.17) is 0 Å². The van der Waals surface area contributed by atoms with Gasteiger partial charge in [0.25, 0.3) is 0 Å². The lowest BCUT2D eigenvalue weighted by Gasteiger charge is -2.18. The molecule has 1 saturated carbocycles. The van der Waals surface area contributed by atoms with Gasteiger partial charge in [0.1, 0.15) is 0 Å². The molecule has 3 nitrogen and oxygen atoms in total. The number of rotatable bonds is 3. The molecule has 1 N–H and O–H groups in total. The Bertz CT molecular complexity index is 477. The van der Waals surface area contributed by atoms with E-state index < -0.39 is 0 Å². The van der Waals surface area contributed by atoms with Gasteiger partial charge < -0.3 is 0 Å². The zero-order valence-corrected chi connectivity index (χ0v) is 12.6. The molecule has 1 fully saturated rings. The van der Waals surface area contributed by atoms with Crippen molar-refractivity contribution in [3.8, 4) is 0 Å². The average Bonchev–Trinajstić information content (AvgIpc) is 2.92. The predicted octanol–water partition coefficient (Wildman–Crippen LogP) is 3.62. The largest absolute Gasteiger partial charge is 0.273 e. The highest BCUT2D eigenvalue weighted by Crippen LogP contribution is 2.24. The second kappa shape index (κ2) is 6.21. The third kappa shape index (κ3) is 3.92. The Morgan fingerprint density at radius 3 is 2.35 bits per heavy atom. The summed E-state index contributed by atoms with van der Waals surface area (Å²) in [7, 11) is 0. The van der Waals surface area contributed by atoms with Crippen LogP contribution in [0.5, 0.6) is 0 Å². The van der Waals surface area contributed by atoms with Crippen LogP contribution in [-0.2, 0) is 10.2 Å². The van der Waals surface area contributed by atoms with Crippen molar-refractivity contribution in [3.63, 3.8) is 0 Å². The van der Waals surface area contributed by atoms with Gasteiger partial charge >= 0.3 is 0 Å². The normalized spacial score (nSPS) is 16.8. The van der Waals surface area contributed by atoms with Gasteiger partial charge in [0.05, 0.1) is 6.21 Å². The fourth-order valence-corrected chi connectivity index (χ4v) is 2.52. The number of nitrogens with zero attached hydrogens (tertiary/aromatic N) is 1. The summed E-state index contributed by atoms with van der Waals surface area (Å²) in [5.74, 6) is 0.223. The van der Waals surface area contributed by atoms with E-state index in [0.29, 0.717) is 0 Å². The lowest BCUT2D eigenvalue weighted by molar-refractivity contribution is -0.124. The third-order valence-corrected chi connectivity index (χ3v) is 3.89. The lowest BCUT2D eigenvalue weighted by Crippen LogP contribution is -2.24. The van der Waals surface area contributed by atoms with Gasteiger partial charge in [0.2, 0.25) is 5.91 Å². The zero-order valence-electron chi connectivity index (χ0n) is 12.6. The lowest BCUT2D eigenvalue weighted by atomic mass is 9.87. The summed E-state index contributed by atoms with van der Waals surface area (Å²) >= 11 is 0. The maximum Gasteiger partial charge on any atom is 0.243 e. The fraction of sp³-hybridized carbons (Fsp3) is 0.529. The quantitative estimate of drug-likeness (QED) is 0.662. The Kier molecular flexibility index (Phi) is 4.58. The van der Waals surface area contributed by atoms with Crippen molar-refractivity contribution in [2.24, 2.45) is 11.0 Å². The Morgan fingerprint density at radius 2 is 1.80 bits per heavy atom. The SMILES string of the molecule is CC(C)(C)c1ccc(/C=N/NC(=O)C2CCCC2)cc1. The van der Waals surface area contributed by atoms with Crippen LogP contribution >= 0.6 is 0 Å². The van der Waals surface area contributed by atoms with Crippen LogP contribution in [-0.4, -0.2) is 12.1 Å². The molecule has 1 aromatic rings. The van der Waals surface area contributed by atoms with Crippen LogP contribution < -0.4 is 5.43 Å². The van der Waals surface area contributed by atoms with Crippen molar-refractivity contribution in [2.75, 3.05) is 0 Å². The number of carbonyl (C=O) groups excluding carboxylic acids is 1. The van der Waals surface area contributed by atoms with Gasteiger partial charge in [-0.05, 0) is 29.4 Å². The fourth-order valence-electron chi connectivity index (χ4n) is 2.52. The first kappa shape index (κ1) is 14.8. The molecule has 0 bridgehead atoms. The minimum atomic E-state index is 0.0602. The first-order chi connectivity index (χ1) is 9.47. The molecule has 0 aromatic heterocycles. The topological polar surface area (TPSA) is 41.5 Å². The van der Waals surface area contributed by atoms with Crippen molar-refractivity contribution in [2.45, 2.75) is 51.9 Å². The molecule has 0 heterocycles. The van der Waals surface area contributed by atoms with Crippen LogP contribution in [0.25, 0.3) is 0 Å². The molecule has 20 heavy (non-hydrogen) atoms. The van der Waals surface area contributed by atoms with Gasteiger partial charge in [0, 0.05) is 5.92 Å². The standard InChI is InChI=1S/C17H24N2O/c1-17(2,3)15-10-8-13(9-11-15)12-18-19-16(20)14-6-4-5-7-14/h8-12,14H,4-7H2,1-3H3,(H,19,20)/b18-12+. The highest BCUT2D eigenvalue weighted by atomic mass is 16.2. The molecule has 0 saturated heterocycles. The molecule has 3 heteroatoms. The number of carbonyl (C=O) groups is 1. The molecular formula is C17H24N2O. The summed E-state index contributed by atoms with van der Waals surface area (Å²) in [4.78, 5) is 11.8. The van der Waals surface area contributed by atoms with Crippen molar-refractivity contribution in [3.05, 3.63) is 35.4 Å². The van der Waals surface area contributed by atoms with Crippen LogP contribution in [0.4, 0.5) is 0 Å². The van der Waals surface area contributed by atoms with Crippen molar-refractivity contribution < 1.29 is 4.79 Å². The van der Waals surface area contributed by atoms with E-state index in [2.05, 4.69) is 43.4 Å². The highest BCUT2D eigenvalue weighted by Gasteiger charge is 2.21. The third-order valence-electron chi connectivity index (χ3n) is 3.89. The number of amides is 1. The maximum atomic E-state index is 11.8. The summed E-state index contributed by atoms with van der Waals surface area (Å²) < 4.78 is 0. The van der Waals surface area contributed by atoms with Crippen LogP contribution in [0.3, 0.4) is 0 Å². The van der Waals surface area contributed by atoms with Crippen LogP contribution in [0.1, 0.15) is 57.6 Å². The van der Waals surface area contributed by atoms with Gasteiger partial charge in [-0.25, -0.2) is 5.43 Å². The Morgan fingerprint density at radius 1 is 1.20 bits per heavy atom. The number of hydrogen-bond acceptors (Lipinski definition) is 2. The minimum absolute atomic E-state index is 0.0602. The first-order valence-electron chi connectivity index (χ1n) is 7.40. The second-order valence-electron chi connectivity index (χ2n) is 6.59. The van der Waals surface area contributed by atoms with E-state index in [9.17, 15) is 4.79 Å². The van der Waals surface area contributed by atoms with Crippen LogP contribution in [0.15, 0.2) is 29.4 Å². The van der Waals surface area contributed by atoms with Gasteiger partial charge in [-0.1, -0.05) is 57.9 Å². The molecular weight excluding hydrogens is 248 g/mol. The molecule has 0 spiro atoms. The number of hydrazone groups is 1. The molecule has 1 aromatic carbocycles. The van der Waals surface area contributed by atoms with Gasteiger partial charge in [-0.3, -0.25) is 4.79 Å². The van der Waals surface area contributed by atoms with E-state index in [0.717, 1.165) is 31.2 Å². The number of benzene rings is 1. The maximum absolute atomic E-state index is 11.8. The Balaban J connectivity index is 1.89. The van der Waals surface area contributed by atoms with Gasteiger partial charge in [-0.2, -0.15) is 5.10 Å². The summed E-state index contributed by atoms with van der Waals surface area (Å²) in [5, 5.41) is 4.05. The molecule has 0 aliphatic heterocycles. The van der Waals surface area contributed by atoms with E-state index >= 15 is 0 Å². The minimum Gasteiger partial charge on any atom is -0.273 e. The molecule has 0 radical (unpaired) electrons. The van der Waals surface area contributed by atoms with E-state index in [1.54, 1.807) is 6.21 Å². The smallest absolute Gasteiger partial charge is 0.243 e. The van der Waals surface area contributed by atoms with Crippen molar-refractivity contribution >= 4 is 12.1 Å².